The Balaban J connectivity index is 1.19. The lowest BCUT2D eigenvalue weighted by molar-refractivity contribution is -0.141. The molecule has 16 heteroatoms. The zero-order valence-corrected chi connectivity index (χ0v) is 34.7. The maximum Gasteiger partial charge on any atom is 0.408 e. The Kier molecular flexibility index (Phi) is 12.3. The topological polar surface area (TPSA) is 195 Å². The van der Waals surface area contributed by atoms with Crippen LogP contribution in [0.5, 0.6) is 0 Å². The Morgan fingerprint density at radius 3 is 2.40 bits per heavy atom. The summed E-state index contributed by atoms with van der Waals surface area (Å²) < 4.78 is 34.3. The molecule has 4 amide bonds. The Hall–Kier alpha value is -6.16. The van der Waals surface area contributed by atoms with Gasteiger partial charge in [-0.1, -0.05) is 110 Å². The number of carbonyl (C=O) groups is 4. The fraction of sp³-hybridized carbons (Fsp3) is 0.386. The lowest BCUT2D eigenvalue weighted by Crippen LogP contribution is -2.58. The summed E-state index contributed by atoms with van der Waals surface area (Å²) in [5.41, 5.74) is 0.191. The van der Waals surface area contributed by atoms with Crippen molar-refractivity contribution in [2.24, 2.45) is 5.92 Å². The van der Waals surface area contributed by atoms with E-state index in [1.54, 1.807) is 39.0 Å². The van der Waals surface area contributed by atoms with Gasteiger partial charge in [0.1, 0.15) is 23.2 Å². The molecule has 0 radical (unpaired) electrons. The number of hydrogen-bond acceptors (Lipinski definition) is 10. The molecule has 1 saturated heterocycles. The van der Waals surface area contributed by atoms with Crippen molar-refractivity contribution in [2.45, 2.75) is 99.9 Å². The van der Waals surface area contributed by atoms with Gasteiger partial charge in [-0.15, -0.1) is 10.2 Å². The van der Waals surface area contributed by atoms with Gasteiger partial charge in [0.25, 0.3) is 15.9 Å². The quantitative estimate of drug-likeness (QED) is 0.152. The summed E-state index contributed by atoms with van der Waals surface area (Å²) in [5.74, 6) is -2.19. The Bertz CT molecular complexity index is 2380. The van der Waals surface area contributed by atoms with Crippen molar-refractivity contribution in [1.82, 2.24) is 40.5 Å². The molecule has 0 spiro atoms. The lowest BCUT2D eigenvalue weighted by atomic mass is 10.0. The summed E-state index contributed by atoms with van der Waals surface area (Å²) in [5, 5.41) is 19.1. The normalized spacial score (nSPS) is 24.3. The second-order valence-corrected chi connectivity index (χ2v) is 18.1. The largest absolute Gasteiger partial charge is 0.444 e. The number of aromatic nitrogens is 4. The first-order valence-electron chi connectivity index (χ1n) is 20.3. The molecular formula is C44H50N8O7S. The maximum absolute atomic E-state index is 14.6. The second-order valence-electron chi connectivity index (χ2n) is 16.4. The van der Waals surface area contributed by atoms with Gasteiger partial charge in [0.05, 0.1) is 10.9 Å². The highest BCUT2D eigenvalue weighted by molar-refractivity contribution is 7.90. The van der Waals surface area contributed by atoms with Gasteiger partial charge in [0.15, 0.2) is 0 Å². The first kappa shape index (κ1) is 42.0. The number of amides is 4. The van der Waals surface area contributed by atoms with E-state index in [4.69, 9.17) is 9.84 Å². The van der Waals surface area contributed by atoms with Gasteiger partial charge < -0.3 is 20.3 Å². The molecule has 2 fully saturated rings. The Morgan fingerprint density at radius 1 is 0.933 bits per heavy atom. The molecule has 3 aromatic carbocycles. The average molecular weight is 835 g/mol. The van der Waals surface area contributed by atoms with Gasteiger partial charge in [-0.3, -0.25) is 14.4 Å². The van der Waals surface area contributed by atoms with Crippen LogP contribution in [-0.4, -0.2) is 87.1 Å². The molecule has 3 N–H and O–H groups in total. The number of nitrogens with zero attached hydrogens (tertiary/aromatic N) is 5. The molecule has 60 heavy (non-hydrogen) atoms. The first-order chi connectivity index (χ1) is 28.7. The molecule has 15 nitrogen and oxygen atoms in total. The van der Waals surface area contributed by atoms with Crippen LogP contribution in [0.2, 0.25) is 0 Å². The summed E-state index contributed by atoms with van der Waals surface area (Å²) in [6, 6.07) is 22.2. The third-order valence-corrected chi connectivity index (χ3v) is 12.2. The summed E-state index contributed by atoms with van der Waals surface area (Å²) in [4.78, 5) is 59.0. The van der Waals surface area contributed by atoms with E-state index in [0.29, 0.717) is 25.1 Å². The SMILES string of the molecule is CC(C)(C)OC(=O)N[C@@H]1CCCCC/C=C\[C@@H]2C[C@]2(C(=O)NS(=O)(=O)c2ccccc2)NC(=O)[C@@H]2C[C@@H](n3nnc(-c4ccccc4/C=C/c4ccccc4)n3)CN2C1=O. The van der Waals surface area contributed by atoms with Crippen LogP contribution in [0, 0.1) is 5.92 Å². The highest BCUT2D eigenvalue weighted by Crippen LogP contribution is 2.46. The minimum absolute atomic E-state index is 0.0142. The number of nitrogens with one attached hydrogen (secondary N) is 3. The van der Waals surface area contributed by atoms with Gasteiger partial charge >= 0.3 is 6.09 Å². The zero-order chi connectivity index (χ0) is 42.5. The zero-order valence-electron chi connectivity index (χ0n) is 33.9. The van der Waals surface area contributed by atoms with E-state index in [1.807, 2.05) is 78.9 Å². The smallest absolute Gasteiger partial charge is 0.408 e. The highest BCUT2D eigenvalue weighted by atomic mass is 32.2. The van der Waals surface area contributed by atoms with Crippen molar-refractivity contribution in [3.8, 4) is 11.4 Å². The van der Waals surface area contributed by atoms with Crippen molar-refractivity contribution in [1.29, 1.82) is 0 Å². The van der Waals surface area contributed by atoms with E-state index in [1.165, 1.54) is 21.8 Å². The number of sulfonamides is 1. The number of carbonyl (C=O) groups excluding carboxylic acids is 4. The van der Waals surface area contributed by atoms with Crippen molar-refractivity contribution in [2.75, 3.05) is 6.54 Å². The predicted octanol–water partition coefficient (Wildman–Crippen LogP) is 5.45. The highest BCUT2D eigenvalue weighted by Gasteiger charge is 2.61. The number of tetrazole rings is 1. The molecule has 314 valence electrons. The first-order valence-corrected chi connectivity index (χ1v) is 21.7. The molecule has 3 heterocycles. The molecular weight excluding hydrogens is 785 g/mol. The fourth-order valence-corrected chi connectivity index (χ4v) is 8.73. The molecule has 7 rings (SSSR count). The molecule has 3 aliphatic rings. The number of rotatable bonds is 8. The summed E-state index contributed by atoms with van der Waals surface area (Å²) >= 11 is 0. The third-order valence-electron chi connectivity index (χ3n) is 10.8. The van der Waals surface area contributed by atoms with E-state index in [9.17, 15) is 27.6 Å². The number of benzene rings is 3. The van der Waals surface area contributed by atoms with Crippen molar-refractivity contribution >= 4 is 46.0 Å². The van der Waals surface area contributed by atoms with Gasteiger partial charge in [-0.2, -0.15) is 4.80 Å². The van der Waals surface area contributed by atoms with E-state index in [-0.39, 0.29) is 24.3 Å². The summed E-state index contributed by atoms with van der Waals surface area (Å²) in [6.45, 7) is 5.16. The molecule has 1 saturated carbocycles. The van der Waals surface area contributed by atoms with Crippen LogP contribution in [0.1, 0.15) is 82.9 Å². The van der Waals surface area contributed by atoms with E-state index >= 15 is 0 Å². The monoisotopic (exact) mass is 834 g/mol. The molecule has 0 bridgehead atoms. The summed E-state index contributed by atoms with van der Waals surface area (Å²) in [6.07, 6.45) is 10.2. The van der Waals surface area contributed by atoms with Gasteiger partial charge in [-0.25, -0.2) is 17.9 Å². The van der Waals surface area contributed by atoms with E-state index < -0.39 is 69.0 Å². The third kappa shape index (κ3) is 9.82. The van der Waals surface area contributed by atoms with Crippen LogP contribution in [-0.2, 0) is 29.1 Å². The van der Waals surface area contributed by atoms with Crippen molar-refractivity contribution in [3.05, 3.63) is 108 Å². The number of alkyl carbamates (subject to hydrolysis) is 1. The standard InChI is InChI=1S/C44H50N8O7S/c1-43(2,3)59-42(56)45-36-24-14-6-4-5-11-20-32-28-44(32,41(55)49-60(57,58)34-21-12-8-13-22-34)46-39(53)37-27-33(29-51(37)40(36)54)52-48-38(47-50-52)35-23-16-15-19-31(35)26-25-30-17-9-7-10-18-30/h7-13,15-23,25-26,32-33,36-37H,4-6,14,24,27-29H2,1-3H3,(H,45,56)(H,46,53)(H,49,55)/b20-11-,26-25+/t32-,33-,36-,37+,44+/m1/s1. The number of allylic oxidation sites excluding steroid dienone is 1. The van der Waals surface area contributed by atoms with Crippen molar-refractivity contribution in [3.63, 3.8) is 0 Å². The number of fused-ring (bicyclic) bond motifs is 2. The fourth-order valence-electron chi connectivity index (χ4n) is 7.67. The van der Waals surface area contributed by atoms with E-state index in [2.05, 4.69) is 25.7 Å². The number of hydrogen-bond donors (Lipinski definition) is 3. The molecule has 1 aliphatic carbocycles. The lowest BCUT2D eigenvalue weighted by Gasteiger charge is -2.30. The van der Waals surface area contributed by atoms with Gasteiger partial charge in [0.2, 0.25) is 17.6 Å². The Labute approximate surface area is 349 Å². The molecule has 5 atom stereocenters. The van der Waals surface area contributed by atoms with Crippen LogP contribution >= 0.6 is 0 Å². The maximum atomic E-state index is 14.6. The number of ether oxygens (including phenoxy) is 1. The van der Waals surface area contributed by atoms with E-state index in [0.717, 1.165) is 29.5 Å². The average Bonchev–Trinajstić information content (AvgIpc) is 3.50. The molecule has 2 aliphatic heterocycles. The van der Waals surface area contributed by atoms with Crippen LogP contribution in [0.3, 0.4) is 0 Å². The van der Waals surface area contributed by atoms with Gasteiger partial charge in [-0.05, 0) is 74.9 Å². The van der Waals surface area contributed by atoms with Crippen molar-refractivity contribution < 1.29 is 32.3 Å². The van der Waals surface area contributed by atoms with Crippen LogP contribution in [0.4, 0.5) is 4.79 Å². The molecule has 1 aromatic heterocycles. The minimum Gasteiger partial charge on any atom is -0.444 e. The second kappa shape index (κ2) is 17.6. The Morgan fingerprint density at radius 2 is 1.65 bits per heavy atom. The predicted molar refractivity (Wildman–Crippen MR) is 224 cm³/mol. The van der Waals surface area contributed by atoms with Crippen LogP contribution < -0.4 is 15.4 Å². The van der Waals surface area contributed by atoms with Gasteiger partial charge in [0, 0.05) is 24.4 Å². The minimum atomic E-state index is -4.27. The van der Waals surface area contributed by atoms with Crippen LogP contribution in [0.25, 0.3) is 23.5 Å². The molecule has 0 unspecified atom stereocenters. The van der Waals surface area contributed by atoms with Crippen LogP contribution in [0.15, 0.2) is 102 Å². The summed E-state index contributed by atoms with van der Waals surface area (Å²) in [7, 11) is -4.27. The molecule has 4 aromatic rings.